The molecule has 7 rings (SSSR count). The summed E-state index contributed by atoms with van der Waals surface area (Å²) in [5.74, 6) is 5.84. The molecule has 0 radical (unpaired) electrons. The van der Waals surface area contributed by atoms with Gasteiger partial charge >= 0.3 is 0 Å². The number of para-hydroxylation sites is 1. The fourth-order valence-electron chi connectivity index (χ4n) is 9.44. The molecule has 5 atom stereocenters. The van der Waals surface area contributed by atoms with Crippen LogP contribution in [0.25, 0.3) is 11.0 Å². The van der Waals surface area contributed by atoms with Gasteiger partial charge in [0.25, 0.3) is 0 Å². The zero-order valence-electron chi connectivity index (χ0n) is 22.6. The normalized spacial score (nSPS) is 36.6. The maximum atomic E-state index is 13.2. The molecule has 1 aliphatic heterocycles. The van der Waals surface area contributed by atoms with Crippen molar-refractivity contribution in [2.75, 3.05) is 19.6 Å². The summed E-state index contributed by atoms with van der Waals surface area (Å²) < 4.78 is 5.81. The minimum Gasteiger partial charge on any atom is -0.464 e. The number of nitrogens with zero attached hydrogens (tertiary/aromatic N) is 1. The fourth-order valence-corrected chi connectivity index (χ4v) is 9.44. The zero-order chi connectivity index (χ0) is 24.8. The number of hydrogen-bond donors (Lipinski definition) is 1. The molecule has 5 unspecified atom stereocenters. The second-order valence-corrected chi connectivity index (χ2v) is 13.7. The van der Waals surface area contributed by atoms with E-state index in [4.69, 9.17) is 4.42 Å². The molecule has 1 N–H and O–H groups in total. The van der Waals surface area contributed by atoms with Gasteiger partial charge in [-0.25, -0.2) is 0 Å². The molecule has 5 fully saturated rings. The van der Waals surface area contributed by atoms with Gasteiger partial charge in [-0.15, -0.1) is 0 Å². The number of hydrogen-bond acceptors (Lipinski definition) is 3. The first-order valence-electron chi connectivity index (χ1n) is 15.7. The van der Waals surface area contributed by atoms with Crippen molar-refractivity contribution in [3.8, 4) is 0 Å². The number of fused-ring (bicyclic) bond motifs is 3. The quantitative estimate of drug-likeness (QED) is 0.457. The van der Waals surface area contributed by atoms with Gasteiger partial charge in [-0.2, -0.15) is 0 Å². The lowest BCUT2D eigenvalue weighted by atomic mass is 9.78. The number of benzene rings is 1. The molecule has 4 saturated carbocycles. The van der Waals surface area contributed by atoms with E-state index in [-0.39, 0.29) is 0 Å². The Labute approximate surface area is 222 Å². The van der Waals surface area contributed by atoms with E-state index in [0.717, 1.165) is 35.2 Å². The highest BCUT2D eigenvalue weighted by Crippen LogP contribution is 2.54. The predicted octanol–water partition coefficient (Wildman–Crippen LogP) is 7.14. The predicted molar refractivity (Wildman–Crippen MR) is 148 cm³/mol. The topological polar surface area (TPSA) is 45.5 Å². The summed E-state index contributed by atoms with van der Waals surface area (Å²) in [5.41, 5.74) is 2.44. The summed E-state index contributed by atoms with van der Waals surface area (Å²) in [6, 6.07) is 8.91. The molecule has 4 aliphatic carbocycles. The summed E-state index contributed by atoms with van der Waals surface area (Å²) >= 11 is 0. The van der Waals surface area contributed by atoms with E-state index in [1.165, 1.54) is 114 Å². The first kappa shape index (κ1) is 24.2. The smallest absolute Gasteiger partial charge is 0.223 e. The highest BCUT2D eigenvalue weighted by Gasteiger charge is 2.46. The van der Waals surface area contributed by atoms with Gasteiger partial charge in [0, 0.05) is 22.9 Å². The SMILES string of the molecule is O=C(NC1CCC(CCN2CCC(c3coc4ccccc34)CC2)CC1)C1CC2CC3CC(C2)C(C3)C1. The number of nitrogens with one attached hydrogen (secondary N) is 1. The molecule has 5 aliphatic rings. The minimum atomic E-state index is 0.305. The number of rotatable bonds is 6. The van der Waals surface area contributed by atoms with E-state index in [0.29, 0.717) is 23.8 Å². The Morgan fingerprint density at radius 2 is 1.59 bits per heavy atom. The van der Waals surface area contributed by atoms with Gasteiger partial charge in [-0.1, -0.05) is 18.2 Å². The summed E-state index contributed by atoms with van der Waals surface area (Å²) in [5, 5.41) is 4.84. The largest absolute Gasteiger partial charge is 0.464 e. The van der Waals surface area contributed by atoms with E-state index < -0.39 is 0 Å². The molecule has 2 heterocycles. The Balaban J connectivity index is 0.828. The Kier molecular flexibility index (Phi) is 6.81. The van der Waals surface area contributed by atoms with Crippen molar-refractivity contribution >= 4 is 16.9 Å². The fraction of sp³-hybridized carbons (Fsp3) is 0.727. The lowest BCUT2D eigenvalue weighted by Gasteiger charge is -2.35. The molecule has 1 aromatic heterocycles. The van der Waals surface area contributed by atoms with E-state index in [1.807, 2.05) is 6.26 Å². The van der Waals surface area contributed by atoms with Crippen LogP contribution in [-0.2, 0) is 4.79 Å². The van der Waals surface area contributed by atoms with Crippen molar-refractivity contribution in [1.29, 1.82) is 0 Å². The maximum Gasteiger partial charge on any atom is 0.223 e. The van der Waals surface area contributed by atoms with E-state index in [2.05, 4.69) is 34.5 Å². The molecule has 0 spiro atoms. The van der Waals surface area contributed by atoms with Crippen LogP contribution < -0.4 is 5.32 Å². The van der Waals surface area contributed by atoms with Crippen molar-refractivity contribution in [2.45, 2.75) is 95.4 Å². The van der Waals surface area contributed by atoms with E-state index in [1.54, 1.807) is 0 Å². The van der Waals surface area contributed by atoms with Gasteiger partial charge in [-0.05, 0) is 145 Å². The highest BCUT2D eigenvalue weighted by atomic mass is 16.3. The third kappa shape index (κ3) is 5.12. The number of carbonyl (C=O) groups excluding carboxylic acids is 1. The molecule has 4 nitrogen and oxygen atoms in total. The van der Waals surface area contributed by atoms with Crippen molar-refractivity contribution in [3.05, 3.63) is 36.1 Å². The van der Waals surface area contributed by atoms with Crippen LogP contribution in [0.1, 0.15) is 95.0 Å². The summed E-state index contributed by atoms with van der Waals surface area (Å²) in [6.07, 6.45) is 18.9. The number of furan rings is 1. The molecule has 1 aromatic carbocycles. The third-order valence-electron chi connectivity index (χ3n) is 11.4. The summed E-state index contributed by atoms with van der Waals surface area (Å²) in [4.78, 5) is 15.9. The molecule has 3 bridgehead atoms. The second kappa shape index (κ2) is 10.4. The Hall–Kier alpha value is -1.81. The lowest BCUT2D eigenvalue weighted by Crippen LogP contribution is -2.42. The molecular weight excluding hydrogens is 456 g/mol. The molecule has 1 saturated heterocycles. The highest BCUT2D eigenvalue weighted by molar-refractivity contribution is 5.81. The maximum absolute atomic E-state index is 13.2. The summed E-state index contributed by atoms with van der Waals surface area (Å²) in [6.45, 7) is 3.66. The van der Waals surface area contributed by atoms with Crippen LogP contribution >= 0.6 is 0 Å². The Morgan fingerprint density at radius 3 is 2.41 bits per heavy atom. The van der Waals surface area contributed by atoms with Crippen LogP contribution in [0.4, 0.5) is 0 Å². The minimum absolute atomic E-state index is 0.305. The van der Waals surface area contributed by atoms with E-state index >= 15 is 0 Å². The number of likely N-dealkylation sites (tertiary alicyclic amines) is 1. The number of amides is 1. The Morgan fingerprint density at radius 1 is 0.865 bits per heavy atom. The van der Waals surface area contributed by atoms with E-state index in [9.17, 15) is 4.79 Å². The van der Waals surface area contributed by atoms with Crippen LogP contribution in [0, 0.1) is 35.5 Å². The number of carbonyl (C=O) groups is 1. The monoisotopic (exact) mass is 502 g/mol. The van der Waals surface area contributed by atoms with Crippen LogP contribution in [0.3, 0.4) is 0 Å². The van der Waals surface area contributed by atoms with Gasteiger partial charge in [0.1, 0.15) is 5.58 Å². The molecule has 200 valence electrons. The molecular formula is C33H46N2O2. The molecule has 37 heavy (non-hydrogen) atoms. The second-order valence-electron chi connectivity index (χ2n) is 13.7. The van der Waals surface area contributed by atoms with Crippen LogP contribution in [0.15, 0.2) is 34.9 Å². The molecule has 1 amide bonds. The van der Waals surface area contributed by atoms with Crippen LogP contribution in [0.5, 0.6) is 0 Å². The van der Waals surface area contributed by atoms with Crippen LogP contribution in [-0.4, -0.2) is 36.5 Å². The lowest BCUT2D eigenvalue weighted by molar-refractivity contribution is -0.127. The first-order valence-corrected chi connectivity index (χ1v) is 15.7. The van der Waals surface area contributed by atoms with Crippen molar-refractivity contribution in [1.82, 2.24) is 10.2 Å². The summed E-state index contributed by atoms with van der Waals surface area (Å²) in [7, 11) is 0. The zero-order valence-corrected chi connectivity index (χ0v) is 22.6. The number of piperidine rings is 1. The molecule has 2 aromatic rings. The van der Waals surface area contributed by atoms with Gasteiger partial charge in [0.2, 0.25) is 5.91 Å². The van der Waals surface area contributed by atoms with Gasteiger partial charge in [-0.3, -0.25) is 4.79 Å². The standard InChI is InChI=1S/C33H46N2O2/c36-33(28-19-24-15-23-16-26(17-24)27(18-23)20-28)34-29-7-5-22(6-8-29)9-12-35-13-10-25(11-14-35)31-21-37-32-4-2-1-3-30(31)32/h1-4,21-29H,5-20H2,(H,34,36). The van der Waals surface area contributed by atoms with Gasteiger partial charge in [0.05, 0.1) is 6.26 Å². The van der Waals surface area contributed by atoms with Crippen molar-refractivity contribution in [2.24, 2.45) is 35.5 Å². The van der Waals surface area contributed by atoms with Gasteiger partial charge < -0.3 is 14.6 Å². The third-order valence-corrected chi connectivity index (χ3v) is 11.4. The van der Waals surface area contributed by atoms with Crippen molar-refractivity contribution in [3.63, 3.8) is 0 Å². The molecule has 4 heteroatoms. The van der Waals surface area contributed by atoms with Gasteiger partial charge in [0.15, 0.2) is 0 Å². The Bertz CT molecular complexity index is 1070. The average Bonchev–Trinajstić information content (AvgIpc) is 3.44. The van der Waals surface area contributed by atoms with Crippen LogP contribution in [0.2, 0.25) is 0 Å². The van der Waals surface area contributed by atoms with Crippen molar-refractivity contribution < 1.29 is 9.21 Å². The average molecular weight is 503 g/mol. The first-order chi connectivity index (χ1) is 18.2.